The molecule has 0 spiro atoms. The van der Waals surface area contributed by atoms with Gasteiger partial charge in [-0.3, -0.25) is 9.55 Å². The molecule has 2 N–H and O–H groups in total. The Bertz CT molecular complexity index is 717. The van der Waals surface area contributed by atoms with Crippen LogP contribution in [0.2, 0.25) is 0 Å². The summed E-state index contributed by atoms with van der Waals surface area (Å²) >= 11 is 0. The van der Waals surface area contributed by atoms with Crippen molar-refractivity contribution in [1.82, 2.24) is 19.7 Å². The molecule has 2 rings (SSSR count). The lowest BCUT2D eigenvalue weighted by atomic mass is 10.1. The van der Waals surface area contributed by atoms with Crippen molar-refractivity contribution in [2.45, 2.75) is 44.3 Å². The Kier molecular flexibility index (Phi) is 4.11. The van der Waals surface area contributed by atoms with Gasteiger partial charge in [0, 0.05) is 23.9 Å². The van der Waals surface area contributed by atoms with Gasteiger partial charge in [-0.05, 0) is 39.3 Å². The molecule has 0 aliphatic rings. The van der Waals surface area contributed by atoms with E-state index >= 15 is 0 Å². The molecule has 2 aromatic rings. The van der Waals surface area contributed by atoms with Crippen LogP contribution in [0, 0.1) is 0 Å². The second-order valence-corrected chi connectivity index (χ2v) is 7.23. The first-order valence-electron chi connectivity index (χ1n) is 6.57. The molecule has 0 aromatic carbocycles. The van der Waals surface area contributed by atoms with Crippen molar-refractivity contribution in [3.8, 4) is 0 Å². The van der Waals surface area contributed by atoms with Crippen molar-refractivity contribution >= 4 is 10.0 Å². The van der Waals surface area contributed by atoms with Gasteiger partial charge in [-0.1, -0.05) is 6.07 Å². The number of aromatic nitrogens is 4. The van der Waals surface area contributed by atoms with Crippen LogP contribution in [0.4, 0.5) is 0 Å². The minimum absolute atomic E-state index is 0.203. The smallest absolute Gasteiger partial charge is 0.273 e. The van der Waals surface area contributed by atoms with E-state index in [-0.39, 0.29) is 5.16 Å². The fraction of sp³-hybridized carbons (Fsp3) is 0.462. The summed E-state index contributed by atoms with van der Waals surface area (Å²) < 4.78 is 24.8. The van der Waals surface area contributed by atoms with Crippen LogP contribution in [-0.4, -0.2) is 28.2 Å². The summed E-state index contributed by atoms with van der Waals surface area (Å²) in [5.41, 5.74) is 0.433. The number of sulfonamides is 1. The van der Waals surface area contributed by atoms with E-state index in [1.54, 1.807) is 10.8 Å². The first kappa shape index (κ1) is 15.6. The zero-order valence-electron chi connectivity index (χ0n) is 12.3. The van der Waals surface area contributed by atoms with Gasteiger partial charge >= 0.3 is 0 Å². The minimum Gasteiger partial charge on any atom is -0.295 e. The fourth-order valence-electron chi connectivity index (χ4n) is 2.11. The summed E-state index contributed by atoms with van der Waals surface area (Å²) in [6.45, 7) is 5.65. The van der Waals surface area contributed by atoms with Crippen LogP contribution in [-0.2, 0) is 28.4 Å². The number of nitrogens with two attached hydrogens (primary N) is 1. The Morgan fingerprint density at radius 1 is 1.19 bits per heavy atom. The number of aryl methyl sites for hydroxylation is 2. The van der Waals surface area contributed by atoms with Crippen molar-refractivity contribution in [2.75, 3.05) is 0 Å². The molecule has 0 bridgehead atoms. The molecule has 21 heavy (non-hydrogen) atoms. The monoisotopic (exact) mass is 309 g/mol. The molecule has 0 saturated heterocycles. The Labute approximate surface area is 124 Å². The lowest BCUT2D eigenvalue weighted by molar-refractivity contribution is 0.349. The van der Waals surface area contributed by atoms with Gasteiger partial charge in [-0.15, -0.1) is 10.2 Å². The second-order valence-electron chi connectivity index (χ2n) is 5.77. The summed E-state index contributed by atoms with van der Waals surface area (Å²) in [5, 5.41) is 12.7. The zero-order chi connectivity index (χ0) is 15.7. The van der Waals surface area contributed by atoms with E-state index in [4.69, 9.17) is 5.14 Å². The molecule has 0 aliphatic carbocycles. The van der Waals surface area contributed by atoms with Gasteiger partial charge in [0.25, 0.3) is 15.2 Å². The quantitative estimate of drug-likeness (QED) is 0.902. The van der Waals surface area contributed by atoms with E-state index in [2.05, 4.69) is 15.2 Å². The Balaban J connectivity index is 2.34. The summed E-state index contributed by atoms with van der Waals surface area (Å²) in [5.74, 6) is 0.581. The maximum atomic E-state index is 11.6. The summed E-state index contributed by atoms with van der Waals surface area (Å²) in [7, 11) is -3.91. The van der Waals surface area contributed by atoms with E-state index in [0.717, 1.165) is 5.69 Å². The number of hydrogen-bond acceptors (Lipinski definition) is 5. The molecule has 0 amide bonds. The molecule has 0 radical (unpaired) electrons. The zero-order valence-corrected chi connectivity index (χ0v) is 13.1. The number of rotatable bonds is 4. The van der Waals surface area contributed by atoms with Gasteiger partial charge in [0.2, 0.25) is 0 Å². The van der Waals surface area contributed by atoms with Crippen LogP contribution in [0.15, 0.2) is 29.6 Å². The molecule has 0 saturated carbocycles. The van der Waals surface area contributed by atoms with Crippen LogP contribution in [0.1, 0.15) is 32.3 Å². The third-order valence-electron chi connectivity index (χ3n) is 2.96. The summed E-state index contributed by atoms with van der Waals surface area (Å²) in [4.78, 5) is 4.24. The van der Waals surface area contributed by atoms with Crippen molar-refractivity contribution < 1.29 is 8.42 Å². The van der Waals surface area contributed by atoms with Crippen LogP contribution >= 0.6 is 0 Å². The highest BCUT2D eigenvalue weighted by molar-refractivity contribution is 7.89. The van der Waals surface area contributed by atoms with Crippen molar-refractivity contribution in [3.05, 3.63) is 35.9 Å². The molecule has 2 heterocycles. The molecule has 0 fully saturated rings. The summed E-state index contributed by atoms with van der Waals surface area (Å²) in [6.07, 6.45) is 2.91. The second kappa shape index (κ2) is 5.53. The van der Waals surface area contributed by atoms with E-state index in [1.807, 2.05) is 39.0 Å². The third kappa shape index (κ3) is 3.64. The number of pyridine rings is 1. The highest BCUT2D eigenvalue weighted by atomic mass is 32.2. The van der Waals surface area contributed by atoms with Gasteiger partial charge in [0.15, 0.2) is 0 Å². The minimum atomic E-state index is -3.91. The first-order valence-corrected chi connectivity index (χ1v) is 8.12. The molecular weight excluding hydrogens is 290 g/mol. The first-order chi connectivity index (χ1) is 9.69. The molecule has 2 aromatic heterocycles. The highest BCUT2D eigenvalue weighted by Gasteiger charge is 2.28. The van der Waals surface area contributed by atoms with Crippen molar-refractivity contribution in [3.63, 3.8) is 0 Å². The van der Waals surface area contributed by atoms with E-state index < -0.39 is 15.6 Å². The SMILES string of the molecule is CC(C)(C)n1c(CCc2ccccn2)nnc1S(N)(=O)=O. The van der Waals surface area contributed by atoms with E-state index in [1.165, 1.54) is 0 Å². The molecule has 0 unspecified atom stereocenters. The van der Waals surface area contributed by atoms with Gasteiger partial charge in [-0.25, -0.2) is 13.6 Å². The van der Waals surface area contributed by atoms with Crippen LogP contribution in [0.5, 0.6) is 0 Å². The highest BCUT2D eigenvalue weighted by Crippen LogP contribution is 2.21. The van der Waals surface area contributed by atoms with E-state index in [9.17, 15) is 8.42 Å². The predicted octanol–water partition coefficient (Wildman–Crippen LogP) is 0.861. The fourth-order valence-corrected chi connectivity index (χ4v) is 2.89. The Morgan fingerprint density at radius 3 is 2.43 bits per heavy atom. The average Bonchev–Trinajstić information content (AvgIpc) is 2.81. The van der Waals surface area contributed by atoms with Crippen LogP contribution in [0.25, 0.3) is 0 Å². The maximum Gasteiger partial charge on any atom is 0.273 e. The van der Waals surface area contributed by atoms with E-state index in [0.29, 0.717) is 18.7 Å². The average molecular weight is 309 g/mol. The lowest BCUT2D eigenvalue weighted by Gasteiger charge is -2.24. The van der Waals surface area contributed by atoms with Crippen molar-refractivity contribution in [1.29, 1.82) is 0 Å². The van der Waals surface area contributed by atoms with Crippen LogP contribution < -0.4 is 5.14 Å². The van der Waals surface area contributed by atoms with Gasteiger partial charge in [0.1, 0.15) is 5.82 Å². The van der Waals surface area contributed by atoms with Gasteiger partial charge in [-0.2, -0.15) is 0 Å². The molecule has 0 aliphatic heterocycles. The largest absolute Gasteiger partial charge is 0.295 e. The number of hydrogen-bond donors (Lipinski definition) is 1. The Hall–Kier alpha value is -1.80. The third-order valence-corrected chi connectivity index (χ3v) is 3.73. The maximum absolute atomic E-state index is 11.6. The number of primary sulfonamides is 1. The molecule has 8 heteroatoms. The van der Waals surface area contributed by atoms with Crippen molar-refractivity contribution in [2.24, 2.45) is 5.14 Å². The standard InChI is InChI=1S/C13H19N5O2S/c1-13(2,3)18-11(16-17-12(18)21(14,19)20)8-7-10-6-4-5-9-15-10/h4-6,9H,7-8H2,1-3H3,(H2,14,19,20). The summed E-state index contributed by atoms with van der Waals surface area (Å²) in [6, 6.07) is 5.67. The number of nitrogens with zero attached hydrogens (tertiary/aromatic N) is 4. The predicted molar refractivity (Wildman–Crippen MR) is 78.0 cm³/mol. The molecular formula is C13H19N5O2S. The van der Waals surface area contributed by atoms with Crippen LogP contribution in [0.3, 0.4) is 0 Å². The molecule has 7 nitrogen and oxygen atoms in total. The van der Waals surface area contributed by atoms with Gasteiger partial charge < -0.3 is 0 Å². The molecule has 114 valence electrons. The Morgan fingerprint density at radius 2 is 1.90 bits per heavy atom. The topological polar surface area (TPSA) is 104 Å². The normalized spacial score (nSPS) is 12.6. The molecule has 0 atom stereocenters. The lowest BCUT2D eigenvalue weighted by Crippen LogP contribution is -2.30. The van der Waals surface area contributed by atoms with Gasteiger partial charge in [0.05, 0.1) is 0 Å².